The van der Waals surface area contributed by atoms with E-state index in [0.29, 0.717) is 6.42 Å². The summed E-state index contributed by atoms with van der Waals surface area (Å²) in [6.45, 7) is 28.6. The van der Waals surface area contributed by atoms with Gasteiger partial charge in [-0.05, 0) is 84.9 Å². The molecule has 0 saturated carbocycles. The Morgan fingerprint density at radius 3 is 0.977 bits per heavy atom. The van der Waals surface area contributed by atoms with Crippen LogP contribution in [0.4, 0.5) is 0 Å². The van der Waals surface area contributed by atoms with E-state index in [2.05, 4.69) is 91.8 Å². The highest BCUT2D eigenvalue weighted by atomic mass is 16.6. The maximum Gasteiger partial charge on any atom is 0.0757 e. The molecule has 5 nitrogen and oxygen atoms in total. The van der Waals surface area contributed by atoms with Gasteiger partial charge in [0.2, 0.25) is 0 Å². The molecule has 0 fully saturated rings. The van der Waals surface area contributed by atoms with Crippen molar-refractivity contribution in [2.45, 2.75) is 73.6 Å². The highest BCUT2D eigenvalue weighted by molar-refractivity contribution is 6.28. The number of benzene rings is 3. The van der Waals surface area contributed by atoms with E-state index < -0.39 is 7.32 Å². The van der Waals surface area contributed by atoms with Crippen molar-refractivity contribution in [3.8, 4) is 0 Å². The third-order valence-corrected chi connectivity index (χ3v) is 10.1. The predicted molar refractivity (Wildman–Crippen MR) is 185 cm³/mol. The summed E-state index contributed by atoms with van der Waals surface area (Å²) in [6, 6.07) is 31.0. The van der Waals surface area contributed by atoms with E-state index in [1.54, 1.807) is 0 Å². The van der Waals surface area contributed by atoms with Gasteiger partial charge in [0, 0.05) is 12.0 Å². The first kappa shape index (κ1) is 39.5. The number of quaternary nitrogens is 2. The van der Waals surface area contributed by atoms with Gasteiger partial charge >= 0.3 is 0 Å². The molecule has 0 spiro atoms. The molecule has 0 saturated heterocycles. The average Bonchev–Trinajstić information content (AvgIpc) is 3.09. The Kier molecular flexibility index (Phi) is 19.1. The number of nitrogens with zero attached hydrogens (tertiary/aromatic N) is 2. The summed E-state index contributed by atoms with van der Waals surface area (Å²) in [7, 11) is -2.23. The Labute approximate surface area is 270 Å². The van der Waals surface area contributed by atoms with Gasteiger partial charge in [0.15, 0.2) is 0 Å². The van der Waals surface area contributed by atoms with Crippen molar-refractivity contribution >= 4 is 7.32 Å². The van der Waals surface area contributed by atoms with Crippen LogP contribution in [0.2, 0.25) is 0 Å². The zero-order valence-corrected chi connectivity index (χ0v) is 29.1. The third-order valence-electron chi connectivity index (χ3n) is 10.1. The van der Waals surface area contributed by atoms with Gasteiger partial charge in [-0.25, -0.2) is 0 Å². The van der Waals surface area contributed by atoms with Gasteiger partial charge in [-0.15, -0.1) is 0 Å². The number of hydrogen-bond acceptors (Lipinski definition) is 3. The van der Waals surface area contributed by atoms with Gasteiger partial charge in [0.1, 0.15) is 0 Å². The second kappa shape index (κ2) is 21.3. The molecule has 0 aliphatic rings. The minimum Gasteiger partial charge on any atom is -0.871 e. The van der Waals surface area contributed by atoms with Gasteiger partial charge in [0.05, 0.1) is 59.7 Å². The topological polar surface area (TPSA) is 55.3 Å². The Morgan fingerprint density at radius 2 is 0.773 bits per heavy atom. The summed E-state index contributed by atoms with van der Waals surface area (Å²) in [4.78, 5) is 0. The SMILES string of the molecule is CC[N+](CC)(CC)CC.CC[N+](CC)(CC)CC.[O-]B([O-])OCCCC(c1ccccc1)(c1ccccc1)c1ccccc1. The lowest BCUT2D eigenvalue weighted by Crippen LogP contribution is -2.48. The van der Waals surface area contributed by atoms with Crippen LogP contribution in [0.5, 0.6) is 0 Å². The molecular weight excluding hydrogens is 543 g/mol. The maximum atomic E-state index is 10.7. The fraction of sp³-hybridized carbons (Fsp3) is 0.526. The van der Waals surface area contributed by atoms with Crippen molar-refractivity contribution in [3.63, 3.8) is 0 Å². The van der Waals surface area contributed by atoms with Crippen LogP contribution in [-0.2, 0) is 10.1 Å². The van der Waals surface area contributed by atoms with E-state index in [1.165, 1.54) is 78.0 Å². The second-order valence-electron chi connectivity index (χ2n) is 11.5. The summed E-state index contributed by atoms with van der Waals surface area (Å²) in [5.41, 5.74) is 3.17. The molecule has 0 amide bonds. The van der Waals surface area contributed by atoms with Crippen LogP contribution in [0.3, 0.4) is 0 Å². The molecule has 0 aliphatic heterocycles. The first-order valence-corrected chi connectivity index (χ1v) is 17.0. The van der Waals surface area contributed by atoms with Gasteiger partial charge in [0.25, 0.3) is 0 Å². The molecule has 0 heterocycles. The Hall–Kier alpha value is -2.48. The number of rotatable bonds is 16. The zero-order valence-electron chi connectivity index (χ0n) is 29.1. The van der Waals surface area contributed by atoms with Crippen LogP contribution in [0, 0.1) is 0 Å². The van der Waals surface area contributed by atoms with E-state index in [0.717, 1.165) is 6.42 Å². The molecule has 0 N–H and O–H groups in total. The number of hydrogen-bond donors (Lipinski definition) is 0. The van der Waals surface area contributed by atoms with E-state index in [1.807, 2.05) is 54.6 Å². The standard InChI is InChI=1S/C22H21BO3.2C8H20N/c24-23(25)26-18-10-17-22(19-11-4-1-5-12-19,20-13-6-2-7-14-20)21-15-8-3-9-16-21;2*1-5-9(6-2,7-3)8-4/h1-9,11-16H,10,17-18H2;2*5-8H2,1-4H3/q-2;2*+1. The average molecular weight is 605 g/mol. The molecule has 3 aromatic carbocycles. The van der Waals surface area contributed by atoms with Crippen molar-refractivity contribution in [2.24, 2.45) is 0 Å². The van der Waals surface area contributed by atoms with Crippen LogP contribution in [0.25, 0.3) is 0 Å². The molecule has 0 radical (unpaired) electrons. The van der Waals surface area contributed by atoms with E-state index in [4.69, 9.17) is 4.65 Å². The molecular formula is C38H61BN2O3. The highest BCUT2D eigenvalue weighted by Crippen LogP contribution is 2.42. The maximum absolute atomic E-state index is 10.7. The molecule has 0 atom stereocenters. The highest BCUT2D eigenvalue weighted by Gasteiger charge is 2.35. The second-order valence-corrected chi connectivity index (χ2v) is 11.5. The molecule has 3 aromatic rings. The molecule has 244 valence electrons. The summed E-state index contributed by atoms with van der Waals surface area (Å²) in [6.07, 6.45) is 1.34. The minimum absolute atomic E-state index is 0.159. The van der Waals surface area contributed by atoms with Crippen molar-refractivity contribution in [3.05, 3.63) is 108 Å². The van der Waals surface area contributed by atoms with Crippen LogP contribution >= 0.6 is 0 Å². The predicted octanol–water partition coefficient (Wildman–Crippen LogP) is 6.29. The molecule has 6 heteroatoms. The lowest BCUT2D eigenvalue weighted by atomic mass is 9.67. The fourth-order valence-corrected chi connectivity index (χ4v) is 6.30. The van der Waals surface area contributed by atoms with Crippen molar-refractivity contribution in [1.82, 2.24) is 0 Å². The first-order valence-electron chi connectivity index (χ1n) is 17.0. The van der Waals surface area contributed by atoms with Crippen LogP contribution in [0.15, 0.2) is 91.0 Å². The molecule has 44 heavy (non-hydrogen) atoms. The Balaban J connectivity index is 0.000000443. The minimum atomic E-state index is -2.23. The monoisotopic (exact) mass is 604 g/mol. The molecule has 0 bridgehead atoms. The van der Waals surface area contributed by atoms with E-state index >= 15 is 0 Å². The van der Waals surface area contributed by atoms with E-state index in [-0.39, 0.29) is 12.0 Å². The van der Waals surface area contributed by atoms with Gasteiger partial charge in [-0.1, -0.05) is 91.0 Å². The summed E-state index contributed by atoms with van der Waals surface area (Å²) >= 11 is 0. The van der Waals surface area contributed by atoms with Gasteiger partial charge < -0.3 is 23.7 Å². The van der Waals surface area contributed by atoms with Gasteiger partial charge in [-0.2, -0.15) is 0 Å². The van der Waals surface area contributed by atoms with Crippen molar-refractivity contribution < 1.29 is 23.7 Å². The summed E-state index contributed by atoms with van der Waals surface area (Å²) in [5.74, 6) is 0. The van der Waals surface area contributed by atoms with Crippen molar-refractivity contribution in [2.75, 3.05) is 59.0 Å². The van der Waals surface area contributed by atoms with Gasteiger partial charge in [-0.3, -0.25) is 0 Å². The van der Waals surface area contributed by atoms with Crippen molar-refractivity contribution in [1.29, 1.82) is 0 Å². The fourth-order valence-electron chi connectivity index (χ4n) is 6.30. The zero-order chi connectivity index (χ0) is 32.9. The lowest BCUT2D eigenvalue weighted by molar-refractivity contribution is -0.921. The largest absolute Gasteiger partial charge is 0.871 e. The normalized spacial score (nSPS) is 11.6. The Bertz CT molecular complexity index is 937. The van der Waals surface area contributed by atoms with E-state index in [9.17, 15) is 10.0 Å². The lowest BCUT2D eigenvalue weighted by Gasteiger charge is -2.37. The quantitative estimate of drug-likeness (QED) is 0.0836. The van der Waals surface area contributed by atoms with Crippen LogP contribution in [0.1, 0.15) is 84.9 Å². The van der Waals surface area contributed by atoms with Crippen LogP contribution in [-0.4, -0.2) is 75.3 Å². The molecule has 0 aromatic heterocycles. The first-order chi connectivity index (χ1) is 21.2. The Morgan fingerprint density at radius 1 is 0.500 bits per heavy atom. The molecule has 3 rings (SSSR count). The molecule has 0 aliphatic carbocycles. The van der Waals surface area contributed by atoms with Crippen LogP contribution < -0.4 is 10.0 Å². The molecule has 0 unspecified atom stereocenters. The smallest absolute Gasteiger partial charge is 0.0757 e. The third kappa shape index (κ3) is 11.5. The summed E-state index contributed by atoms with van der Waals surface area (Å²) in [5, 5.41) is 21.4. The summed E-state index contributed by atoms with van der Waals surface area (Å²) < 4.78 is 7.29.